The van der Waals surface area contributed by atoms with Gasteiger partial charge in [-0.3, -0.25) is 4.79 Å². The minimum Gasteiger partial charge on any atom is -0.370 e. The Morgan fingerprint density at radius 2 is 1.78 bits per heavy atom. The van der Waals surface area contributed by atoms with Crippen LogP contribution in [-0.2, 0) is 11.3 Å². The van der Waals surface area contributed by atoms with E-state index in [-0.39, 0.29) is 18.1 Å². The number of hydrogen-bond acceptors (Lipinski definition) is 2. The van der Waals surface area contributed by atoms with Gasteiger partial charge >= 0.3 is 0 Å². The van der Waals surface area contributed by atoms with Crippen LogP contribution in [0, 0.1) is 17.5 Å². The second-order valence-corrected chi connectivity index (χ2v) is 6.05. The monoisotopic (exact) mass is 320 g/mol. The molecule has 0 unspecified atom stereocenters. The van der Waals surface area contributed by atoms with Crippen molar-refractivity contribution < 1.29 is 18.0 Å². The van der Waals surface area contributed by atoms with Gasteiger partial charge in [-0.2, -0.15) is 0 Å². The fourth-order valence-electron chi connectivity index (χ4n) is 2.67. The standard InChI is InChI=1S/C17H15F3N2O/c1-17(2)16(23)22(9-10-4-3-5-11(18)6-10)15-8-13(20)12(19)7-14(15)21-17/h3-8,21H,9H2,1-2H3. The van der Waals surface area contributed by atoms with E-state index in [1.165, 1.54) is 23.1 Å². The predicted octanol–water partition coefficient (Wildman–Crippen LogP) is 3.84. The first-order valence-corrected chi connectivity index (χ1v) is 7.11. The first-order valence-electron chi connectivity index (χ1n) is 7.11. The van der Waals surface area contributed by atoms with E-state index in [1.54, 1.807) is 19.9 Å². The summed E-state index contributed by atoms with van der Waals surface area (Å²) in [6.07, 6.45) is 0. The molecule has 1 N–H and O–H groups in total. The molecule has 1 amide bonds. The Labute approximate surface area is 131 Å². The molecule has 1 heterocycles. The number of nitrogens with zero attached hydrogens (tertiary/aromatic N) is 1. The van der Waals surface area contributed by atoms with Gasteiger partial charge in [-0.25, -0.2) is 13.2 Å². The second-order valence-electron chi connectivity index (χ2n) is 6.05. The van der Waals surface area contributed by atoms with Crippen molar-refractivity contribution in [3.8, 4) is 0 Å². The molecule has 0 atom stereocenters. The molecule has 23 heavy (non-hydrogen) atoms. The van der Waals surface area contributed by atoms with Gasteiger partial charge in [0.05, 0.1) is 17.9 Å². The molecule has 0 spiro atoms. The lowest BCUT2D eigenvalue weighted by Gasteiger charge is -2.40. The van der Waals surface area contributed by atoms with E-state index in [0.29, 0.717) is 11.3 Å². The number of carbonyl (C=O) groups is 1. The van der Waals surface area contributed by atoms with Crippen molar-refractivity contribution in [1.82, 2.24) is 0 Å². The van der Waals surface area contributed by atoms with Gasteiger partial charge < -0.3 is 10.2 Å². The molecule has 1 aliphatic heterocycles. The first kappa shape index (κ1) is 15.4. The molecule has 0 bridgehead atoms. The van der Waals surface area contributed by atoms with Gasteiger partial charge in [0, 0.05) is 12.1 Å². The first-order chi connectivity index (χ1) is 10.8. The van der Waals surface area contributed by atoms with Gasteiger partial charge in [-0.15, -0.1) is 0 Å². The van der Waals surface area contributed by atoms with Crippen LogP contribution in [0.4, 0.5) is 24.5 Å². The van der Waals surface area contributed by atoms with Crippen LogP contribution in [0.3, 0.4) is 0 Å². The molecule has 120 valence electrons. The van der Waals surface area contributed by atoms with E-state index < -0.39 is 23.0 Å². The summed E-state index contributed by atoms with van der Waals surface area (Å²) in [5.41, 5.74) is 0.138. The number of nitrogens with one attached hydrogen (secondary N) is 1. The highest BCUT2D eigenvalue weighted by Crippen LogP contribution is 2.37. The van der Waals surface area contributed by atoms with E-state index >= 15 is 0 Å². The Morgan fingerprint density at radius 3 is 2.48 bits per heavy atom. The lowest BCUT2D eigenvalue weighted by Crippen LogP contribution is -2.53. The number of carbonyl (C=O) groups excluding carboxylic acids is 1. The quantitative estimate of drug-likeness (QED) is 0.912. The molecule has 1 aliphatic rings. The molecular formula is C17H15F3N2O. The summed E-state index contributed by atoms with van der Waals surface area (Å²) in [6, 6.07) is 7.82. The maximum atomic E-state index is 13.6. The zero-order valence-corrected chi connectivity index (χ0v) is 12.7. The molecule has 3 rings (SSSR count). The van der Waals surface area contributed by atoms with E-state index in [2.05, 4.69) is 5.32 Å². The molecular weight excluding hydrogens is 305 g/mol. The maximum Gasteiger partial charge on any atom is 0.252 e. The predicted molar refractivity (Wildman–Crippen MR) is 81.6 cm³/mol. The third-order valence-electron chi connectivity index (χ3n) is 3.79. The molecule has 3 nitrogen and oxygen atoms in total. The third-order valence-corrected chi connectivity index (χ3v) is 3.79. The molecule has 2 aromatic carbocycles. The number of halogens is 3. The van der Waals surface area contributed by atoms with Crippen molar-refractivity contribution in [1.29, 1.82) is 0 Å². The van der Waals surface area contributed by atoms with E-state index in [4.69, 9.17) is 0 Å². The summed E-state index contributed by atoms with van der Waals surface area (Å²) in [5.74, 6) is -2.76. The Hall–Kier alpha value is -2.50. The van der Waals surface area contributed by atoms with Gasteiger partial charge in [0.25, 0.3) is 5.91 Å². The Bertz CT molecular complexity index is 789. The summed E-state index contributed by atoms with van der Waals surface area (Å²) >= 11 is 0. The average molecular weight is 320 g/mol. The average Bonchev–Trinajstić information content (AvgIpc) is 2.46. The summed E-state index contributed by atoms with van der Waals surface area (Å²) in [5, 5.41) is 2.91. The van der Waals surface area contributed by atoms with Crippen molar-refractivity contribution in [2.75, 3.05) is 10.2 Å². The topological polar surface area (TPSA) is 32.3 Å². The van der Waals surface area contributed by atoms with Crippen molar-refractivity contribution in [2.24, 2.45) is 0 Å². The van der Waals surface area contributed by atoms with Crippen LogP contribution >= 0.6 is 0 Å². The highest BCUT2D eigenvalue weighted by atomic mass is 19.2. The third kappa shape index (κ3) is 2.76. The normalized spacial score (nSPS) is 16.0. The Morgan fingerprint density at radius 1 is 1.09 bits per heavy atom. The zero-order valence-electron chi connectivity index (χ0n) is 12.7. The lowest BCUT2D eigenvalue weighted by molar-refractivity contribution is -0.122. The smallest absolute Gasteiger partial charge is 0.252 e. The Balaban J connectivity index is 2.07. The van der Waals surface area contributed by atoms with Crippen LogP contribution < -0.4 is 10.2 Å². The molecule has 2 aromatic rings. The second kappa shape index (κ2) is 5.30. The number of fused-ring (bicyclic) bond motifs is 1. The van der Waals surface area contributed by atoms with Crippen molar-refractivity contribution in [3.05, 3.63) is 59.4 Å². The summed E-state index contributed by atoms with van der Waals surface area (Å²) < 4.78 is 40.5. The van der Waals surface area contributed by atoms with Gasteiger partial charge in [0.2, 0.25) is 0 Å². The molecule has 0 aromatic heterocycles. The molecule has 0 aliphatic carbocycles. The van der Waals surface area contributed by atoms with Crippen molar-refractivity contribution >= 4 is 17.3 Å². The van der Waals surface area contributed by atoms with Crippen LogP contribution in [-0.4, -0.2) is 11.4 Å². The van der Waals surface area contributed by atoms with Crippen molar-refractivity contribution in [3.63, 3.8) is 0 Å². The van der Waals surface area contributed by atoms with Crippen LogP contribution in [0.2, 0.25) is 0 Å². The van der Waals surface area contributed by atoms with Crippen LogP contribution in [0.1, 0.15) is 19.4 Å². The van der Waals surface area contributed by atoms with E-state index in [0.717, 1.165) is 12.1 Å². The molecule has 0 saturated heterocycles. The van der Waals surface area contributed by atoms with Gasteiger partial charge in [0.1, 0.15) is 11.4 Å². The number of hydrogen-bond donors (Lipinski definition) is 1. The number of amides is 1. The molecule has 0 fully saturated rings. The minimum atomic E-state index is -1.04. The minimum absolute atomic E-state index is 0.0692. The van der Waals surface area contributed by atoms with Gasteiger partial charge in [-0.05, 0) is 31.5 Å². The summed E-state index contributed by atoms with van der Waals surface area (Å²) in [7, 11) is 0. The van der Waals surface area contributed by atoms with E-state index in [1.807, 2.05) is 0 Å². The Kier molecular flexibility index (Phi) is 3.55. The number of anilines is 2. The highest BCUT2D eigenvalue weighted by molar-refractivity contribution is 6.07. The summed E-state index contributed by atoms with van der Waals surface area (Å²) in [6.45, 7) is 3.37. The largest absolute Gasteiger partial charge is 0.370 e. The van der Waals surface area contributed by atoms with Crippen LogP contribution in [0.25, 0.3) is 0 Å². The molecule has 0 saturated carbocycles. The van der Waals surface area contributed by atoms with Crippen LogP contribution in [0.15, 0.2) is 36.4 Å². The lowest BCUT2D eigenvalue weighted by atomic mass is 9.97. The summed E-state index contributed by atoms with van der Waals surface area (Å²) in [4.78, 5) is 14.0. The van der Waals surface area contributed by atoms with Crippen molar-refractivity contribution in [2.45, 2.75) is 25.9 Å². The number of rotatable bonds is 2. The fourth-order valence-corrected chi connectivity index (χ4v) is 2.67. The van der Waals surface area contributed by atoms with Gasteiger partial charge in [-0.1, -0.05) is 12.1 Å². The van der Waals surface area contributed by atoms with E-state index in [9.17, 15) is 18.0 Å². The molecule has 6 heteroatoms. The highest BCUT2D eigenvalue weighted by Gasteiger charge is 2.39. The fraction of sp³-hybridized carbons (Fsp3) is 0.235. The maximum absolute atomic E-state index is 13.6. The molecule has 0 radical (unpaired) electrons. The number of benzene rings is 2. The van der Waals surface area contributed by atoms with Gasteiger partial charge in [0.15, 0.2) is 11.6 Å². The zero-order chi connectivity index (χ0) is 16.8. The van der Waals surface area contributed by atoms with Crippen LogP contribution in [0.5, 0.6) is 0 Å². The SMILES string of the molecule is CC1(C)Nc2cc(F)c(F)cc2N(Cc2cccc(F)c2)C1=O.